The van der Waals surface area contributed by atoms with E-state index in [0.29, 0.717) is 23.7 Å². The zero-order valence-electron chi connectivity index (χ0n) is 18.8. The number of hydrogen-bond acceptors (Lipinski definition) is 5. The van der Waals surface area contributed by atoms with E-state index in [1.807, 2.05) is 54.1 Å². The van der Waals surface area contributed by atoms with Crippen molar-refractivity contribution < 1.29 is 15.1 Å². The van der Waals surface area contributed by atoms with Crippen LogP contribution in [0.25, 0.3) is 0 Å². The van der Waals surface area contributed by atoms with E-state index in [9.17, 15) is 4.79 Å². The van der Waals surface area contributed by atoms with Crippen molar-refractivity contribution in [1.29, 1.82) is 0 Å². The molecule has 160 valence electrons. The molecule has 0 heterocycles. The average Bonchev–Trinajstić information content (AvgIpc) is 2.71. The molecule has 1 aromatic rings. The van der Waals surface area contributed by atoms with E-state index in [0.717, 1.165) is 6.42 Å². The Labute approximate surface area is 166 Å². The number of benzene rings is 1. The van der Waals surface area contributed by atoms with Crippen LogP contribution in [0.1, 0.15) is 72.2 Å². The van der Waals surface area contributed by atoms with Gasteiger partial charge in [0, 0.05) is 17.6 Å². The molecule has 0 saturated carbocycles. The van der Waals surface area contributed by atoms with Crippen molar-refractivity contribution in [3.05, 3.63) is 29.8 Å². The Balaban J connectivity index is -0.000000440. The lowest BCUT2D eigenvalue weighted by molar-refractivity contribution is 0.0952. The minimum atomic E-state index is -0.111. The van der Waals surface area contributed by atoms with E-state index in [1.165, 1.54) is 0 Å². The van der Waals surface area contributed by atoms with Gasteiger partial charge in [-0.1, -0.05) is 41.5 Å². The first kappa shape index (κ1) is 30.1. The standard InChI is InChI=1S/C12H18N2O2.C5H13NO.2C2H6/c1-9(2)7-8-13-12(15)10-3-5-11(14-16)6-4-10;1-5(2,4-7)6-3;2*1-2/h3-6,9,14,16H,7-8H2,1-2H3,(H,13,15);6-7H,4H2,1-3H3;2*1-2H3. The number of hydrogen-bond donors (Lipinski definition) is 5. The SMILES string of the molecule is CC.CC.CC(C)CCNC(=O)c1ccc(NO)cc1.CNC(C)(C)CO. The third-order valence-electron chi connectivity index (χ3n) is 3.36. The van der Waals surface area contributed by atoms with Crippen molar-refractivity contribution in [3.8, 4) is 0 Å². The zero-order valence-corrected chi connectivity index (χ0v) is 18.8. The molecular formula is C21H43N3O3. The minimum Gasteiger partial charge on any atom is -0.394 e. The van der Waals surface area contributed by atoms with Crippen molar-refractivity contribution in [2.75, 3.05) is 25.7 Å². The highest BCUT2D eigenvalue weighted by atomic mass is 16.5. The summed E-state index contributed by atoms with van der Waals surface area (Å²) in [6, 6.07) is 6.64. The molecule has 27 heavy (non-hydrogen) atoms. The van der Waals surface area contributed by atoms with Crippen LogP contribution in [0.15, 0.2) is 24.3 Å². The fourth-order valence-electron chi connectivity index (χ4n) is 1.35. The first-order valence-electron chi connectivity index (χ1n) is 9.84. The van der Waals surface area contributed by atoms with Gasteiger partial charge < -0.3 is 15.7 Å². The highest BCUT2D eigenvalue weighted by Gasteiger charge is 2.10. The number of aliphatic hydroxyl groups is 1. The van der Waals surface area contributed by atoms with Crippen LogP contribution in [0.5, 0.6) is 0 Å². The Bertz CT molecular complexity index is 440. The van der Waals surface area contributed by atoms with Crippen LogP contribution >= 0.6 is 0 Å². The lowest BCUT2D eigenvalue weighted by atomic mass is 10.1. The molecule has 0 saturated heterocycles. The summed E-state index contributed by atoms with van der Waals surface area (Å²) in [5.74, 6) is 0.506. The molecule has 0 fully saturated rings. The van der Waals surface area contributed by atoms with Gasteiger partial charge in [-0.2, -0.15) is 0 Å². The Morgan fingerprint density at radius 2 is 1.56 bits per heavy atom. The first-order chi connectivity index (χ1) is 12.8. The van der Waals surface area contributed by atoms with E-state index in [2.05, 4.69) is 24.5 Å². The van der Waals surface area contributed by atoms with Crippen LogP contribution in [0, 0.1) is 5.92 Å². The lowest BCUT2D eigenvalue weighted by Crippen LogP contribution is -2.39. The maximum Gasteiger partial charge on any atom is 0.251 e. The number of anilines is 1. The maximum atomic E-state index is 11.6. The highest BCUT2D eigenvalue weighted by Crippen LogP contribution is 2.08. The van der Waals surface area contributed by atoms with E-state index in [4.69, 9.17) is 10.3 Å². The smallest absolute Gasteiger partial charge is 0.251 e. The van der Waals surface area contributed by atoms with Gasteiger partial charge >= 0.3 is 0 Å². The normalized spacial score (nSPS) is 9.63. The van der Waals surface area contributed by atoms with Gasteiger partial charge in [-0.05, 0) is 57.5 Å². The number of aliphatic hydroxyl groups excluding tert-OH is 1. The van der Waals surface area contributed by atoms with Crippen LogP contribution in [-0.2, 0) is 0 Å². The molecular weight excluding hydrogens is 342 g/mol. The Morgan fingerprint density at radius 1 is 1.07 bits per heavy atom. The summed E-state index contributed by atoms with van der Waals surface area (Å²) in [5, 5.41) is 22.9. The van der Waals surface area contributed by atoms with Gasteiger partial charge in [0.05, 0.1) is 12.3 Å². The fraction of sp³-hybridized carbons (Fsp3) is 0.667. The third kappa shape index (κ3) is 17.5. The molecule has 6 nitrogen and oxygen atoms in total. The molecule has 5 N–H and O–H groups in total. The number of likely N-dealkylation sites (N-methyl/N-ethyl adjacent to an activating group) is 1. The predicted octanol–water partition coefficient (Wildman–Crippen LogP) is 4.29. The van der Waals surface area contributed by atoms with Gasteiger partial charge in [0.1, 0.15) is 0 Å². The summed E-state index contributed by atoms with van der Waals surface area (Å²) >= 11 is 0. The number of nitrogens with one attached hydrogen (secondary N) is 3. The lowest BCUT2D eigenvalue weighted by Gasteiger charge is -2.19. The Morgan fingerprint density at radius 3 is 1.85 bits per heavy atom. The molecule has 1 amide bonds. The van der Waals surface area contributed by atoms with E-state index in [-0.39, 0.29) is 18.1 Å². The average molecular weight is 386 g/mol. The van der Waals surface area contributed by atoms with E-state index < -0.39 is 0 Å². The Hall–Kier alpha value is -1.63. The van der Waals surface area contributed by atoms with Crippen molar-refractivity contribution >= 4 is 11.6 Å². The van der Waals surface area contributed by atoms with Gasteiger partial charge in [-0.15, -0.1) is 0 Å². The van der Waals surface area contributed by atoms with Crippen molar-refractivity contribution in [1.82, 2.24) is 10.6 Å². The van der Waals surface area contributed by atoms with Gasteiger partial charge in [0.15, 0.2) is 0 Å². The molecule has 0 aliphatic carbocycles. The molecule has 0 unspecified atom stereocenters. The summed E-state index contributed by atoms with van der Waals surface area (Å²) in [6.45, 7) is 17.0. The van der Waals surface area contributed by atoms with Gasteiger partial charge in [0.2, 0.25) is 0 Å². The minimum absolute atomic E-state index is 0.0786. The second kappa shape index (κ2) is 19.1. The van der Waals surface area contributed by atoms with Crippen LogP contribution in [-0.4, -0.2) is 42.0 Å². The molecule has 0 spiro atoms. The molecule has 6 heteroatoms. The van der Waals surface area contributed by atoms with Crippen molar-refractivity contribution in [2.45, 2.75) is 67.3 Å². The molecule has 1 rings (SSSR count). The van der Waals surface area contributed by atoms with E-state index in [1.54, 1.807) is 24.3 Å². The second-order valence-electron chi connectivity index (χ2n) is 6.42. The highest BCUT2D eigenvalue weighted by molar-refractivity contribution is 5.94. The Kier molecular flexibility index (Phi) is 21.3. The molecule has 0 radical (unpaired) electrons. The topological polar surface area (TPSA) is 93.6 Å². The van der Waals surface area contributed by atoms with Gasteiger partial charge in [-0.3, -0.25) is 15.5 Å². The first-order valence-corrected chi connectivity index (χ1v) is 9.84. The third-order valence-corrected chi connectivity index (χ3v) is 3.36. The second-order valence-corrected chi connectivity index (χ2v) is 6.42. The van der Waals surface area contributed by atoms with Crippen molar-refractivity contribution in [2.24, 2.45) is 5.92 Å². The number of rotatable bonds is 7. The summed E-state index contributed by atoms with van der Waals surface area (Å²) in [4.78, 5) is 11.6. The fourth-order valence-corrected chi connectivity index (χ4v) is 1.35. The molecule has 0 aromatic heterocycles. The van der Waals surface area contributed by atoms with Gasteiger partial charge in [-0.25, -0.2) is 0 Å². The summed E-state index contributed by atoms with van der Waals surface area (Å²) in [7, 11) is 1.83. The molecule has 0 atom stereocenters. The van der Waals surface area contributed by atoms with Gasteiger partial charge in [0.25, 0.3) is 5.91 Å². The van der Waals surface area contributed by atoms with Crippen LogP contribution in [0.4, 0.5) is 5.69 Å². The molecule has 0 aliphatic heterocycles. The molecule has 1 aromatic carbocycles. The van der Waals surface area contributed by atoms with Crippen LogP contribution in [0.3, 0.4) is 0 Å². The quantitative estimate of drug-likeness (QED) is 0.451. The zero-order chi connectivity index (χ0) is 21.9. The maximum absolute atomic E-state index is 11.6. The summed E-state index contributed by atoms with van der Waals surface area (Å²) in [5.41, 5.74) is 3.08. The largest absolute Gasteiger partial charge is 0.394 e. The van der Waals surface area contributed by atoms with Crippen molar-refractivity contribution in [3.63, 3.8) is 0 Å². The molecule has 0 bridgehead atoms. The van der Waals surface area contributed by atoms with Crippen LogP contribution < -0.4 is 16.1 Å². The molecule has 0 aliphatic rings. The number of carbonyl (C=O) groups is 1. The summed E-state index contributed by atoms with van der Waals surface area (Å²) < 4.78 is 0. The number of amides is 1. The summed E-state index contributed by atoms with van der Waals surface area (Å²) in [6.07, 6.45) is 0.974. The predicted molar refractivity (Wildman–Crippen MR) is 117 cm³/mol. The monoisotopic (exact) mass is 385 g/mol. The van der Waals surface area contributed by atoms with E-state index >= 15 is 0 Å². The number of carbonyl (C=O) groups excluding carboxylic acids is 1. The van der Waals surface area contributed by atoms with Crippen LogP contribution in [0.2, 0.25) is 0 Å².